The maximum absolute atomic E-state index is 12.8. The first-order valence-electron chi connectivity index (χ1n) is 10.0. The minimum Gasteiger partial charge on any atom is -0.378 e. The molecule has 0 aromatic heterocycles. The molecule has 0 radical (unpaired) electrons. The number of morpholine rings is 1. The molecule has 0 unspecified atom stereocenters. The molecular weight excluding hydrogens is 374 g/mol. The van der Waals surface area contributed by atoms with Gasteiger partial charge in [-0.25, -0.2) is 4.99 Å². The maximum Gasteiger partial charge on any atom is 0.279 e. The molecule has 0 saturated carbocycles. The summed E-state index contributed by atoms with van der Waals surface area (Å²) in [5.41, 5.74) is 2.31. The monoisotopic (exact) mass is 397 g/mol. The summed E-state index contributed by atoms with van der Waals surface area (Å²) in [7, 11) is 0. The Bertz CT molecular complexity index is 1030. The van der Waals surface area contributed by atoms with Crippen LogP contribution in [0.5, 0.6) is 0 Å². The number of carbonyl (C=O) groups excluding carboxylic acids is 1. The molecule has 5 nitrogen and oxygen atoms in total. The van der Waals surface area contributed by atoms with E-state index in [1.807, 2.05) is 78.9 Å². The van der Waals surface area contributed by atoms with Crippen molar-refractivity contribution >= 4 is 17.6 Å². The van der Waals surface area contributed by atoms with Gasteiger partial charge in [0, 0.05) is 29.8 Å². The third-order valence-corrected chi connectivity index (χ3v) is 4.81. The van der Waals surface area contributed by atoms with E-state index in [1.165, 1.54) is 0 Å². The van der Waals surface area contributed by atoms with Crippen molar-refractivity contribution in [3.8, 4) is 0 Å². The predicted octanol–water partition coefficient (Wildman–Crippen LogP) is 4.05. The Hall–Kier alpha value is -3.57. The molecule has 1 fully saturated rings. The summed E-state index contributed by atoms with van der Waals surface area (Å²) in [6.07, 6.45) is 0. The molecule has 1 saturated heterocycles. The Kier molecular flexibility index (Phi) is 6.42. The lowest BCUT2D eigenvalue weighted by Crippen LogP contribution is -2.41. The highest BCUT2D eigenvalue weighted by Crippen LogP contribution is 2.13. The summed E-state index contributed by atoms with van der Waals surface area (Å²) >= 11 is 0. The Morgan fingerprint density at radius 1 is 0.667 bits per heavy atom. The molecule has 3 aromatic rings. The van der Waals surface area contributed by atoms with E-state index >= 15 is 0 Å². The van der Waals surface area contributed by atoms with Gasteiger partial charge in [0.25, 0.3) is 5.91 Å². The summed E-state index contributed by atoms with van der Waals surface area (Å²) in [6, 6.07) is 28.7. The van der Waals surface area contributed by atoms with E-state index in [2.05, 4.69) is 9.89 Å². The van der Waals surface area contributed by atoms with Gasteiger partial charge in [0.15, 0.2) is 5.84 Å². The lowest BCUT2D eigenvalue weighted by Gasteiger charge is -2.30. The second-order valence-electron chi connectivity index (χ2n) is 6.87. The van der Waals surface area contributed by atoms with Crippen LogP contribution in [0.4, 0.5) is 0 Å². The Morgan fingerprint density at radius 2 is 1.17 bits per heavy atom. The number of hydrogen-bond donors (Lipinski definition) is 0. The zero-order valence-corrected chi connectivity index (χ0v) is 16.6. The quantitative estimate of drug-likeness (QED) is 0.495. The summed E-state index contributed by atoms with van der Waals surface area (Å²) in [5, 5.41) is 0. The highest BCUT2D eigenvalue weighted by Gasteiger charge is 2.19. The minimum absolute atomic E-state index is 0.312. The molecule has 1 aliphatic heterocycles. The number of hydrogen-bond acceptors (Lipinski definition) is 2. The molecular formula is C25H23N3O2. The average Bonchev–Trinajstić information content (AvgIpc) is 2.84. The highest BCUT2D eigenvalue weighted by atomic mass is 16.5. The largest absolute Gasteiger partial charge is 0.378 e. The minimum atomic E-state index is -0.312. The van der Waals surface area contributed by atoms with Crippen LogP contribution in [0.2, 0.25) is 0 Å². The van der Waals surface area contributed by atoms with Crippen molar-refractivity contribution in [2.45, 2.75) is 0 Å². The van der Waals surface area contributed by atoms with Crippen molar-refractivity contribution in [1.82, 2.24) is 4.90 Å². The molecule has 30 heavy (non-hydrogen) atoms. The van der Waals surface area contributed by atoms with Gasteiger partial charge in [-0.3, -0.25) is 4.79 Å². The third kappa shape index (κ3) is 4.88. The summed E-state index contributed by atoms with van der Waals surface area (Å²) in [5.74, 6) is 0.879. The molecule has 150 valence electrons. The Morgan fingerprint density at radius 3 is 1.73 bits per heavy atom. The summed E-state index contributed by atoms with van der Waals surface area (Å²) < 4.78 is 5.52. The van der Waals surface area contributed by atoms with Crippen molar-refractivity contribution < 1.29 is 9.53 Å². The summed E-state index contributed by atoms with van der Waals surface area (Å²) in [6.45, 7) is 2.77. The van der Waals surface area contributed by atoms with Crippen LogP contribution in [-0.4, -0.2) is 48.8 Å². The molecule has 3 aromatic carbocycles. The van der Waals surface area contributed by atoms with Crippen molar-refractivity contribution in [1.29, 1.82) is 0 Å². The van der Waals surface area contributed by atoms with Crippen LogP contribution in [0.25, 0.3) is 0 Å². The van der Waals surface area contributed by atoms with Crippen LogP contribution in [0.1, 0.15) is 21.5 Å². The van der Waals surface area contributed by atoms with Gasteiger partial charge in [0.05, 0.1) is 13.2 Å². The number of aliphatic imine (C=N–C) groups is 2. The second-order valence-corrected chi connectivity index (χ2v) is 6.87. The van der Waals surface area contributed by atoms with Crippen molar-refractivity contribution in [2.75, 3.05) is 26.3 Å². The molecule has 0 bridgehead atoms. The molecule has 1 aliphatic rings. The van der Waals surface area contributed by atoms with Crippen LogP contribution in [-0.2, 0) is 4.74 Å². The van der Waals surface area contributed by atoms with E-state index in [0.29, 0.717) is 24.6 Å². The number of ether oxygens (including phenoxy) is 1. The maximum atomic E-state index is 12.8. The number of rotatable bonds is 3. The standard InChI is InChI=1S/C25H23N3O2/c29-25(22-14-8-3-9-15-22)27-23(20-10-4-1-5-11-20)26-24(21-12-6-2-7-13-21)28-16-18-30-19-17-28/h1-15H,16-19H2. The van der Waals surface area contributed by atoms with Gasteiger partial charge >= 0.3 is 0 Å². The normalized spacial score (nSPS) is 15.1. The van der Waals surface area contributed by atoms with Gasteiger partial charge in [0.2, 0.25) is 0 Å². The number of amidine groups is 2. The van der Waals surface area contributed by atoms with E-state index in [0.717, 1.165) is 30.1 Å². The van der Waals surface area contributed by atoms with Gasteiger partial charge in [-0.15, -0.1) is 0 Å². The van der Waals surface area contributed by atoms with Crippen LogP contribution < -0.4 is 0 Å². The molecule has 1 heterocycles. The first-order valence-corrected chi connectivity index (χ1v) is 10.0. The second kappa shape index (κ2) is 9.76. The number of nitrogens with zero attached hydrogens (tertiary/aromatic N) is 3. The molecule has 0 atom stereocenters. The fourth-order valence-corrected chi connectivity index (χ4v) is 3.26. The van der Waals surface area contributed by atoms with E-state index in [4.69, 9.17) is 9.73 Å². The molecule has 0 N–H and O–H groups in total. The number of amides is 1. The zero-order chi connectivity index (χ0) is 20.6. The van der Waals surface area contributed by atoms with E-state index in [1.54, 1.807) is 12.1 Å². The Balaban J connectivity index is 1.80. The SMILES string of the molecule is O=C(N=C(N=C(c1ccccc1)N1CCOCC1)c1ccccc1)c1ccccc1. The van der Waals surface area contributed by atoms with Gasteiger partial charge < -0.3 is 9.64 Å². The van der Waals surface area contributed by atoms with Crippen LogP contribution in [0, 0.1) is 0 Å². The molecule has 1 amide bonds. The number of benzene rings is 3. The lowest BCUT2D eigenvalue weighted by atomic mass is 10.1. The molecule has 0 aliphatic carbocycles. The number of carbonyl (C=O) groups is 1. The van der Waals surface area contributed by atoms with E-state index in [9.17, 15) is 4.79 Å². The van der Waals surface area contributed by atoms with E-state index < -0.39 is 0 Å². The molecule has 0 spiro atoms. The van der Waals surface area contributed by atoms with E-state index in [-0.39, 0.29) is 5.91 Å². The topological polar surface area (TPSA) is 54.3 Å². The first kappa shape index (κ1) is 19.7. The van der Waals surface area contributed by atoms with Crippen molar-refractivity contribution in [3.63, 3.8) is 0 Å². The van der Waals surface area contributed by atoms with Gasteiger partial charge in [-0.2, -0.15) is 4.99 Å². The highest BCUT2D eigenvalue weighted by molar-refractivity contribution is 6.15. The fourth-order valence-electron chi connectivity index (χ4n) is 3.26. The third-order valence-electron chi connectivity index (χ3n) is 4.81. The van der Waals surface area contributed by atoms with Crippen molar-refractivity contribution in [2.24, 2.45) is 9.98 Å². The molecule has 5 heteroatoms. The first-order chi connectivity index (χ1) is 14.8. The zero-order valence-electron chi connectivity index (χ0n) is 16.6. The van der Waals surface area contributed by atoms with Gasteiger partial charge in [0.1, 0.15) is 5.84 Å². The Labute approximate surface area is 176 Å². The van der Waals surface area contributed by atoms with Crippen LogP contribution in [0.3, 0.4) is 0 Å². The van der Waals surface area contributed by atoms with Gasteiger partial charge in [-0.05, 0) is 12.1 Å². The van der Waals surface area contributed by atoms with Crippen molar-refractivity contribution in [3.05, 3.63) is 108 Å². The van der Waals surface area contributed by atoms with Crippen LogP contribution >= 0.6 is 0 Å². The van der Waals surface area contributed by atoms with Gasteiger partial charge in [-0.1, -0.05) is 78.9 Å². The fraction of sp³-hybridized carbons (Fsp3) is 0.160. The molecule has 4 rings (SSSR count). The summed E-state index contributed by atoms with van der Waals surface area (Å²) in [4.78, 5) is 24.3. The predicted molar refractivity (Wildman–Crippen MR) is 119 cm³/mol. The lowest BCUT2D eigenvalue weighted by molar-refractivity contribution is 0.0683. The average molecular weight is 397 g/mol. The smallest absolute Gasteiger partial charge is 0.279 e. The van der Waals surface area contributed by atoms with Crippen LogP contribution in [0.15, 0.2) is 101 Å².